The number of benzene rings is 2. The molecule has 166 valence electrons. The number of rotatable bonds is 6. The van der Waals surface area contributed by atoms with Crippen LogP contribution in [0.3, 0.4) is 0 Å². The molecule has 0 unspecified atom stereocenters. The summed E-state index contributed by atoms with van der Waals surface area (Å²) in [5, 5.41) is 0.625. The average Bonchev–Trinajstić information content (AvgIpc) is 3.27. The fraction of sp³-hybridized carbons (Fsp3) is 0.227. The molecule has 0 saturated carbocycles. The molecular formula is C22H20N2O7S. The van der Waals surface area contributed by atoms with E-state index in [2.05, 4.69) is 9.71 Å². The Kier molecular flexibility index (Phi) is 5.70. The third-order valence-electron chi connectivity index (χ3n) is 4.84. The molecule has 32 heavy (non-hydrogen) atoms. The van der Waals surface area contributed by atoms with Crippen molar-refractivity contribution in [1.82, 2.24) is 4.72 Å². The van der Waals surface area contributed by atoms with Gasteiger partial charge < -0.3 is 13.9 Å². The minimum atomic E-state index is -3.72. The van der Waals surface area contributed by atoms with Crippen LogP contribution in [0.15, 0.2) is 62.8 Å². The number of para-hydroxylation sites is 1. The summed E-state index contributed by atoms with van der Waals surface area (Å²) in [4.78, 5) is 29.2. The number of ether oxygens (including phenoxy) is 2. The van der Waals surface area contributed by atoms with Crippen molar-refractivity contribution in [3.05, 3.63) is 65.4 Å². The van der Waals surface area contributed by atoms with E-state index in [0.717, 1.165) is 0 Å². The molecule has 0 saturated heterocycles. The third kappa shape index (κ3) is 3.96. The normalized spacial score (nSPS) is 16.4. The quantitative estimate of drug-likeness (QED) is 0.566. The number of sulfonamides is 1. The van der Waals surface area contributed by atoms with Gasteiger partial charge in [-0.2, -0.15) is 0 Å². The topological polar surface area (TPSA) is 124 Å². The van der Waals surface area contributed by atoms with Crippen LogP contribution in [0.5, 0.6) is 0 Å². The first-order chi connectivity index (χ1) is 15.3. The summed E-state index contributed by atoms with van der Waals surface area (Å²) in [5.41, 5.74) is 1.24. The van der Waals surface area contributed by atoms with Crippen LogP contribution in [-0.4, -0.2) is 38.8 Å². The van der Waals surface area contributed by atoms with Crippen LogP contribution in [0.25, 0.3) is 11.0 Å². The van der Waals surface area contributed by atoms with Crippen LogP contribution in [0.1, 0.15) is 35.5 Å². The molecule has 3 aromatic rings. The van der Waals surface area contributed by atoms with E-state index < -0.39 is 28.0 Å². The fourth-order valence-corrected chi connectivity index (χ4v) is 4.58. The lowest BCUT2D eigenvalue weighted by atomic mass is 10.1. The van der Waals surface area contributed by atoms with Gasteiger partial charge in [0.25, 0.3) is 10.0 Å². The van der Waals surface area contributed by atoms with Crippen molar-refractivity contribution in [3.8, 4) is 0 Å². The molecule has 1 aromatic heterocycles. The Morgan fingerprint density at radius 3 is 2.59 bits per heavy atom. The Balaban J connectivity index is 1.55. The van der Waals surface area contributed by atoms with E-state index in [-0.39, 0.29) is 29.7 Å². The molecule has 0 fully saturated rings. The number of carbonyl (C=O) groups excluding carboxylic acids is 2. The molecule has 1 aliphatic rings. The van der Waals surface area contributed by atoms with E-state index >= 15 is 0 Å². The maximum Gasteiger partial charge on any atom is 0.374 e. The SMILES string of the molecule is CCOC(=O)c1oc2ccccc2c1COC(=O)[C@H](C)N=C1NS(=O)(=O)c2ccccc21. The first-order valence-corrected chi connectivity index (χ1v) is 11.3. The Bertz CT molecular complexity index is 1340. The molecule has 2 heterocycles. The number of furan rings is 1. The smallest absolute Gasteiger partial charge is 0.374 e. The minimum Gasteiger partial charge on any atom is -0.460 e. The van der Waals surface area contributed by atoms with E-state index in [1.807, 2.05) is 0 Å². The number of nitrogens with one attached hydrogen (secondary N) is 1. The van der Waals surface area contributed by atoms with Gasteiger partial charge in [0.05, 0.1) is 17.1 Å². The minimum absolute atomic E-state index is 0.0303. The van der Waals surface area contributed by atoms with Gasteiger partial charge in [0.2, 0.25) is 5.76 Å². The first kappa shape index (κ1) is 21.6. The van der Waals surface area contributed by atoms with Crippen LogP contribution in [0, 0.1) is 0 Å². The zero-order valence-corrected chi connectivity index (χ0v) is 18.1. The molecule has 1 N–H and O–H groups in total. The van der Waals surface area contributed by atoms with Crippen LogP contribution in [0.2, 0.25) is 0 Å². The summed E-state index contributed by atoms with van der Waals surface area (Å²) >= 11 is 0. The van der Waals surface area contributed by atoms with Crippen LogP contribution >= 0.6 is 0 Å². The van der Waals surface area contributed by atoms with Crippen molar-refractivity contribution < 1.29 is 31.9 Å². The largest absolute Gasteiger partial charge is 0.460 e. The van der Waals surface area contributed by atoms with Crippen molar-refractivity contribution >= 4 is 38.8 Å². The first-order valence-electron chi connectivity index (χ1n) is 9.86. The van der Waals surface area contributed by atoms with Gasteiger partial charge >= 0.3 is 11.9 Å². The van der Waals surface area contributed by atoms with Gasteiger partial charge in [-0.25, -0.2) is 18.0 Å². The molecular weight excluding hydrogens is 436 g/mol. The van der Waals surface area contributed by atoms with Crippen molar-refractivity contribution in [2.45, 2.75) is 31.4 Å². The number of nitrogens with zero attached hydrogens (tertiary/aromatic N) is 1. The van der Waals surface area contributed by atoms with E-state index in [9.17, 15) is 18.0 Å². The summed E-state index contributed by atoms with van der Waals surface area (Å²) in [6, 6.07) is 12.3. The van der Waals surface area contributed by atoms with E-state index in [1.54, 1.807) is 49.4 Å². The van der Waals surface area contributed by atoms with Crippen molar-refractivity contribution in [3.63, 3.8) is 0 Å². The second kappa shape index (κ2) is 8.46. The molecule has 0 aliphatic carbocycles. The van der Waals surface area contributed by atoms with Gasteiger partial charge in [-0.1, -0.05) is 30.3 Å². The lowest BCUT2D eigenvalue weighted by Gasteiger charge is -2.09. The van der Waals surface area contributed by atoms with Gasteiger partial charge in [-0.3, -0.25) is 9.71 Å². The highest BCUT2D eigenvalue weighted by Gasteiger charge is 2.31. The zero-order chi connectivity index (χ0) is 22.9. The molecule has 1 atom stereocenters. The molecule has 4 rings (SSSR count). The maximum absolute atomic E-state index is 12.6. The number of hydrogen-bond donors (Lipinski definition) is 1. The molecule has 0 spiro atoms. The number of fused-ring (bicyclic) bond motifs is 2. The third-order valence-corrected chi connectivity index (χ3v) is 6.24. The van der Waals surface area contributed by atoms with Gasteiger partial charge in [0.1, 0.15) is 24.1 Å². The summed E-state index contributed by atoms with van der Waals surface area (Å²) < 4.78 is 42.8. The molecule has 10 heteroatoms. The van der Waals surface area contributed by atoms with Gasteiger partial charge in [-0.05, 0) is 32.0 Å². The molecule has 0 radical (unpaired) electrons. The number of carbonyl (C=O) groups is 2. The fourth-order valence-electron chi connectivity index (χ4n) is 3.34. The highest BCUT2D eigenvalue weighted by atomic mass is 32.2. The lowest BCUT2D eigenvalue weighted by molar-refractivity contribution is -0.146. The van der Waals surface area contributed by atoms with Crippen LogP contribution in [0.4, 0.5) is 0 Å². The predicted molar refractivity (Wildman–Crippen MR) is 115 cm³/mol. The van der Waals surface area contributed by atoms with Gasteiger partial charge in [0, 0.05) is 10.9 Å². The van der Waals surface area contributed by atoms with Crippen molar-refractivity contribution in [2.24, 2.45) is 4.99 Å². The van der Waals surface area contributed by atoms with E-state index in [0.29, 0.717) is 22.1 Å². The highest BCUT2D eigenvalue weighted by molar-refractivity contribution is 7.90. The number of hydrogen-bond acceptors (Lipinski definition) is 8. The monoisotopic (exact) mass is 456 g/mol. The summed E-state index contributed by atoms with van der Waals surface area (Å²) in [6.07, 6.45) is 0. The van der Waals surface area contributed by atoms with E-state index in [4.69, 9.17) is 13.9 Å². The summed E-state index contributed by atoms with van der Waals surface area (Å²) in [6.45, 7) is 3.10. The average molecular weight is 456 g/mol. The Hall–Kier alpha value is -3.66. The molecule has 0 bridgehead atoms. The second-order valence-electron chi connectivity index (χ2n) is 6.99. The highest BCUT2D eigenvalue weighted by Crippen LogP contribution is 2.28. The molecule has 2 aromatic carbocycles. The number of amidine groups is 1. The van der Waals surface area contributed by atoms with Gasteiger partial charge in [0.15, 0.2) is 0 Å². The zero-order valence-electron chi connectivity index (χ0n) is 17.3. The number of aliphatic imine (C=N–C) groups is 1. The lowest BCUT2D eigenvalue weighted by Crippen LogP contribution is -2.26. The Labute approximate surface area is 184 Å². The predicted octanol–water partition coefficient (Wildman–Crippen LogP) is 2.78. The van der Waals surface area contributed by atoms with Crippen LogP contribution in [-0.2, 0) is 30.9 Å². The molecule has 1 aliphatic heterocycles. The molecule has 9 nitrogen and oxygen atoms in total. The summed E-state index contributed by atoms with van der Waals surface area (Å²) in [5.74, 6) is -1.30. The maximum atomic E-state index is 12.6. The van der Waals surface area contributed by atoms with Crippen molar-refractivity contribution in [1.29, 1.82) is 0 Å². The second-order valence-corrected chi connectivity index (χ2v) is 8.64. The van der Waals surface area contributed by atoms with E-state index in [1.165, 1.54) is 13.0 Å². The molecule has 0 amide bonds. The van der Waals surface area contributed by atoms with Crippen molar-refractivity contribution in [2.75, 3.05) is 6.61 Å². The summed E-state index contributed by atoms with van der Waals surface area (Å²) in [7, 11) is -3.72. The standard InChI is InChI=1S/C22H20N2O7S/c1-3-29-22(26)19-16(14-8-4-6-10-17(14)31-19)12-30-21(25)13(2)23-20-15-9-5-7-11-18(15)32(27,28)24-20/h4-11,13H,3,12H2,1-2H3,(H,23,24)/t13-/m0/s1. The number of esters is 2. The Morgan fingerprint density at radius 2 is 1.81 bits per heavy atom. The van der Waals surface area contributed by atoms with Crippen LogP contribution < -0.4 is 4.72 Å². The Morgan fingerprint density at radius 1 is 1.09 bits per heavy atom. The van der Waals surface area contributed by atoms with Gasteiger partial charge in [-0.15, -0.1) is 0 Å².